The number of aryl methyl sites for hydroxylation is 2. The van der Waals surface area contributed by atoms with Crippen LogP contribution in [0.4, 0.5) is 5.69 Å². The molecular weight excluding hydrogens is 376 g/mol. The lowest BCUT2D eigenvalue weighted by atomic mass is 10.1. The molecule has 0 bridgehead atoms. The number of likely N-dealkylation sites (N-methyl/N-ethyl adjacent to an activating group) is 1. The van der Waals surface area contributed by atoms with Crippen LogP contribution in [0.1, 0.15) is 23.9 Å². The molecule has 2 aromatic carbocycles. The van der Waals surface area contributed by atoms with Crippen molar-refractivity contribution in [1.29, 1.82) is 0 Å². The summed E-state index contributed by atoms with van der Waals surface area (Å²) >= 11 is 6.01. The van der Waals surface area contributed by atoms with Gasteiger partial charge in [-0.3, -0.25) is 14.5 Å². The fourth-order valence-corrected chi connectivity index (χ4v) is 3.34. The number of aromatic nitrogens is 2. The number of hydrogen-bond acceptors (Lipinski definition) is 4. The molecule has 0 fully saturated rings. The van der Waals surface area contributed by atoms with Gasteiger partial charge in [-0.1, -0.05) is 24.6 Å². The molecule has 0 atom stereocenters. The Kier molecular flexibility index (Phi) is 6.11. The second kappa shape index (κ2) is 8.54. The highest BCUT2D eigenvalue weighted by atomic mass is 35.5. The van der Waals surface area contributed by atoms with Crippen LogP contribution in [-0.4, -0.2) is 33.9 Å². The van der Waals surface area contributed by atoms with Gasteiger partial charge in [0.2, 0.25) is 5.91 Å². The van der Waals surface area contributed by atoms with Crippen molar-refractivity contribution >= 4 is 34.1 Å². The lowest BCUT2D eigenvalue weighted by molar-refractivity contribution is -0.117. The number of hydrogen-bond donors (Lipinski definition) is 2. The minimum atomic E-state index is -0.215. The number of aromatic amines is 1. The van der Waals surface area contributed by atoms with Crippen molar-refractivity contribution in [2.75, 3.05) is 18.4 Å². The highest BCUT2D eigenvalue weighted by molar-refractivity contribution is 6.31. The minimum Gasteiger partial charge on any atom is -0.325 e. The summed E-state index contributed by atoms with van der Waals surface area (Å²) < 4.78 is 0. The van der Waals surface area contributed by atoms with Gasteiger partial charge in [-0.15, -0.1) is 0 Å². The molecule has 6 nitrogen and oxygen atoms in total. The molecule has 0 aliphatic carbocycles. The van der Waals surface area contributed by atoms with E-state index >= 15 is 0 Å². The molecule has 0 aliphatic heterocycles. The Bertz CT molecular complexity index is 1060. The highest BCUT2D eigenvalue weighted by Crippen LogP contribution is 2.16. The van der Waals surface area contributed by atoms with E-state index in [1.807, 2.05) is 37.8 Å². The van der Waals surface area contributed by atoms with E-state index in [9.17, 15) is 9.59 Å². The number of H-pyrrole nitrogens is 1. The molecule has 0 saturated heterocycles. The first-order valence-corrected chi connectivity index (χ1v) is 9.51. The molecule has 1 amide bonds. The first-order valence-electron chi connectivity index (χ1n) is 9.13. The van der Waals surface area contributed by atoms with Crippen molar-refractivity contribution in [3.8, 4) is 0 Å². The number of nitrogens with zero attached hydrogens (tertiary/aromatic N) is 2. The number of anilines is 1. The van der Waals surface area contributed by atoms with Gasteiger partial charge in [0.1, 0.15) is 5.82 Å². The Hall–Kier alpha value is -2.70. The third-order valence-corrected chi connectivity index (χ3v) is 4.65. The molecular formula is C21H23ClN4O2. The molecule has 0 spiro atoms. The number of amides is 1. The molecule has 0 saturated carbocycles. The average molecular weight is 399 g/mol. The van der Waals surface area contributed by atoms with Crippen molar-refractivity contribution in [3.63, 3.8) is 0 Å². The summed E-state index contributed by atoms with van der Waals surface area (Å²) in [7, 11) is 0. The van der Waals surface area contributed by atoms with Crippen LogP contribution in [0, 0.1) is 13.8 Å². The van der Waals surface area contributed by atoms with Gasteiger partial charge in [-0.05, 0) is 61.9 Å². The minimum absolute atomic E-state index is 0.113. The van der Waals surface area contributed by atoms with Gasteiger partial charge in [-0.25, -0.2) is 4.98 Å². The molecule has 3 rings (SSSR count). The first-order chi connectivity index (χ1) is 13.3. The van der Waals surface area contributed by atoms with Crippen molar-refractivity contribution in [2.24, 2.45) is 0 Å². The summed E-state index contributed by atoms with van der Waals surface area (Å²) in [4.78, 5) is 33.9. The van der Waals surface area contributed by atoms with E-state index in [4.69, 9.17) is 11.6 Å². The molecule has 28 heavy (non-hydrogen) atoms. The van der Waals surface area contributed by atoms with E-state index in [2.05, 4.69) is 21.4 Å². The zero-order valence-corrected chi connectivity index (χ0v) is 16.9. The fourth-order valence-electron chi connectivity index (χ4n) is 3.18. The van der Waals surface area contributed by atoms with Crippen LogP contribution in [-0.2, 0) is 11.3 Å². The Labute approximate surface area is 168 Å². The predicted molar refractivity (Wildman–Crippen MR) is 113 cm³/mol. The van der Waals surface area contributed by atoms with E-state index in [0.717, 1.165) is 16.8 Å². The Morgan fingerprint density at radius 1 is 1.18 bits per heavy atom. The van der Waals surface area contributed by atoms with Gasteiger partial charge >= 0.3 is 0 Å². The van der Waals surface area contributed by atoms with Crippen molar-refractivity contribution in [3.05, 3.63) is 68.7 Å². The maximum atomic E-state index is 12.5. The third-order valence-electron chi connectivity index (χ3n) is 4.41. The molecule has 7 heteroatoms. The van der Waals surface area contributed by atoms with Crippen LogP contribution in [0.5, 0.6) is 0 Å². The van der Waals surface area contributed by atoms with Crippen molar-refractivity contribution in [2.45, 2.75) is 27.3 Å². The summed E-state index contributed by atoms with van der Waals surface area (Å²) in [5.74, 6) is 0.388. The maximum absolute atomic E-state index is 12.5. The monoisotopic (exact) mass is 398 g/mol. The average Bonchev–Trinajstić information content (AvgIpc) is 2.59. The molecule has 146 valence electrons. The summed E-state index contributed by atoms with van der Waals surface area (Å²) in [6, 6.07) is 10.9. The normalized spacial score (nSPS) is 11.2. The number of halogens is 1. The van der Waals surface area contributed by atoms with Crippen LogP contribution < -0.4 is 10.9 Å². The third kappa shape index (κ3) is 4.97. The van der Waals surface area contributed by atoms with E-state index in [0.29, 0.717) is 34.8 Å². The summed E-state index contributed by atoms with van der Waals surface area (Å²) in [6.07, 6.45) is 0. The maximum Gasteiger partial charge on any atom is 0.258 e. The lowest BCUT2D eigenvalue weighted by Crippen LogP contribution is -2.33. The van der Waals surface area contributed by atoms with Gasteiger partial charge in [0, 0.05) is 10.7 Å². The lowest BCUT2D eigenvalue weighted by Gasteiger charge is -2.19. The van der Waals surface area contributed by atoms with E-state index in [1.165, 1.54) is 0 Å². The molecule has 1 aromatic heterocycles. The predicted octanol–water partition coefficient (Wildman–Crippen LogP) is 3.65. The zero-order chi connectivity index (χ0) is 20.3. The second-order valence-corrected chi connectivity index (χ2v) is 7.34. The largest absolute Gasteiger partial charge is 0.325 e. The fraction of sp³-hybridized carbons (Fsp3) is 0.286. The summed E-state index contributed by atoms with van der Waals surface area (Å²) in [5, 5.41) is 3.95. The molecule has 1 heterocycles. The molecule has 0 aliphatic rings. The van der Waals surface area contributed by atoms with Gasteiger partial charge in [0.25, 0.3) is 5.56 Å². The van der Waals surface area contributed by atoms with Crippen LogP contribution in [0.25, 0.3) is 10.9 Å². The van der Waals surface area contributed by atoms with Gasteiger partial charge in [0.05, 0.1) is 24.0 Å². The Morgan fingerprint density at radius 3 is 2.57 bits per heavy atom. The van der Waals surface area contributed by atoms with E-state index < -0.39 is 0 Å². The van der Waals surface area contributed by atoms with Crippen molar-refractivity contribution < 1.29 is 4.79 Å². The Morgan fingerprint density at radius 2 is 1.89 bits per heavy atom. The quantitative estimate of drug-likeness (QED) is 0.664. The smallest absolute Gasteiger partial charge is 0.258 e. The number of nitrogens with one attached hydrogen (secondary N) is 2. The second-order valence-electron chi connectivity index (χ2n) is 6.90. The van der Waals surface area contributed by atoms with Crippen molar-refractivity contribution in [1.82, 2.24) is 14.9 Å². The molecule has 0 radical (unpaired) electrons. The van der Waals surface area contributed by atoms with Gasteiger partial charge in [-0.2, -0.15) is 0 Å². The highest BCUT2D eigenvalue weighted by Gasteiger charge is 2.13. The van der Waals surface area contributed by atoms with Gasteiger partial charge in [0.15, 0.2) is 0 Å². The standard InChI is InChI=1S/C21H23ClN4O2/c1-4-26(12-20(27)23-16-8-13(2)7-14(3)9-16)11-19-24-18-10-15(22)5-6-17(18)21(28)25-19/h5-10H,4,11-12H2,1-3H3,(H,23,27)(H,24,25,28). The number of fused-ring (bicyclic) bond motifs is 1. The first kappa shape index (κ1) is 20.0. The Balaban J connectivity index is 1.72. The van der Waals surface area contributed by atoms with Crippen LogP contribution in [0.2, 0.25) is 5.02 Å². The number of benzene rings is 2. The van der Waals surface area contributed by atoms with Crippen LogP contribution in [0.15, 0.2) is 41.2 Å². The van der Waals surface area contributed by atoms with Crippen LogP contribution in [0.3, 0.4) is 0 Å². The topological polar surface area (TPSA) is 78.1 Å². The molecule has 0 unspecified atom stereocenters. The van der Waals surface area contributed by atoms with Crippen LogP contribution >= 0.6 is 11.6 Å². The number of rotatable bonds is 6. The van der Waals surface area contributed by atoms with E-state index in [-0.39, 0.29) is 18.0 Å². The number of carbonyl (C=O) groups is 1. The SMILES string of the molecule is CCN(CC(=O)Nc1cc(C)cc(C)c1)Cc1nc2cc(Cl)ccc2c(=O)[nH]1. The van der Waals surface area contributed by atoms with E-state index in [1.54, 1.807) is 18.2 Å². The summed E-state index contributed by atoms with van der Waals surface area (Å²) in [6.45, 7) is 7.14. The number of carbonyl (C=O) groups excluding carboxylic acids is 1. The zero-order valence-electron chi connectivity index (χ0n) is 16.2. The molecule has 2 N–H and O–H groups in total. The summed E-state index contributed by atoms with van der Waals surface area (Å²) in [5.41, 5.74) is 3.30. The van der Waals surface area contributed by atoms with Gasteiger partial charge < -0.3 is 10.3 Å². The molecule has 3 aromatic rings.